The maximum absolute atomic E-state index is 12.1. The Bertz CT molecular complexity index is 689. The van der Waals surface area contributed by atoms with Crippen LogP contribution in [0.25, 0.3) is 0 Å². The van der Waals surface area contributed by atoms with E-state index in [9.17, 15) is 13.2 Å². The summed E-state index contributed by atoms with van der Waals surface area (Å²) >= 11 is 0. The Morgan fingerprint density at radius 1 is 1.25 bits per heavy atom. The molecular weight excluding hydrogens is 282 g/mol. The monoisotopic (exact) mass is 295 g/mol. The van der Waals surface area contributed by atoms with E-state index >= 15 is 0 Å². The average Bonchev–Trinajstić information content (AvgIpc) is 2.92. The molecular formula is C13H13NO5S. The lowest BCUT2D eigenvalue weighted by Crippen LogP contribution is -2.26. The molecule has 0 fully saturated rings. The Kier molecular flexibility index (Phi) is 3.91. The summed E-state index contributed by atoms with van der Waals surface area (Å²) in [5.74, 6) is -0.610. The third-order valence-corrected chi connectivity index (χ3v) is 4.27. The first-order chi connectivity index (χ1) is 9.40. The molecule has 6 nitrogen and oxygen atoms in total. The van der Waals surface area contributed by atoms with Gasteiger partial charge in [-0.25, -0.2) is 17.9 Å². The van der Waals surface area contributed by atoms with E-state index in [0.717, 1.165) is 0 Å². The molecule has 0 bridgehead atoms. The van der Waals surface area contributed by atoms with Gasteiger partial charge in [0.1, 0.15) is 5.76 Å². The lowest BCUT2D eigenvalue weighted by atomic mass is 10.2. The highest BCUT2D eigenvalue weighted by molar-refractivity contribution is 7.89. The van der Waals surface area contributed by atoms with Crippen LogP contribution in [-0.4, -0.2) is 19.5 Å². The maximum Gasteiger partial charge on any atom is 0.335 e. The lowest BCUT2D eigenvalue weighted by molar-refractivity contribution is 0.0696. The first-order valence-electron chi connectivity index (χ1n) is 5.79. The molecule has 0 aliphatic rings. The van der Waals surface area contributed by atoms with Crippen LogP contribution >= 0.6 is 0 Å². The Hall–Kier alpha value is -2.12. The van der Waals surface area contributed by atoms with Gasteiger partial charge in [0.15, 0.2) is 0 Å². The number of nitrogens with one attached hydrogen (secondary N) is 1. The van der Waals surface area contributed by atoms with Crippen molar-refractivity contribution in [3.05, 3.63) is 54.0 Å². The van der Waals surface area contributed by atoms with Gasteiger partial charge < -0.3 is 9.52 Å². The van der Waals surface area contributed by atoms with Crippen molar-refractivity contribution < 1.29 is 22.7 Å². The second kappa shape index (κ2) is 5.48. The first kappa shape index (κ1) is 14.3. The number of sulfonamides is 1. The van der Waals surface area contributed by atoms with Crippen LogP contribution in [0.4, 0.5) is 0 Å². The van der Waals surface area contributed by atoms with Gasteiger partial charge in [-0.05, 0) is 43.3 Å². The number of aromatic carboxylic acids is 1. The van der Waals surface area contributed by atoms with Gasteiger partial charge in [-0.1, -0.05) is 0 Å². The van der Waals surface area contributed by atoms with Crippen molar-refractivity contribution in [2.24, 2.45) is 0 Å². The van der Waals surface area contributed by atoms with Gasteiger partial charge >= 0.3 is 5.97 Å². The van der Waals surface area contributed by atoms with Crippen molar-refractivity contribution >= 4 is 16.0 Å². The van der Waals surface area contributed by atoms with Crippen LogP contribution in [-0.2, 0) is 10.0 Å². The molecule has 2 aromatic rings. The van der Waals surface area contributed by atoms with E-state index in [1.54, 1.807) is 19.1 Å². The topological polar surface area (TPSA) is 96.6 Å². The molecule has 0 amide bonds. The number of carboxylic acid groups (broad SMARTS) is 1. The fourth-order valence-corrected chi connectivity index (χ4v) is 2.89. The van der Waals surface area contributed by atoms with Crippen molar-refractivity contribution in [1.82, 2.24) is 4.72 Å². The molecule has 1 aromatic heterocycles. The predicted molar refractivity (Wildman–Crippen MR) is 70.8 cm³/mol. The molecule has 1 aromatic carbocycles. The van der Waals surface area contributed by atoms with Crippen LogP contribution in [0.5, 0.6) is 0 Å². The summed E-state index contributed by atoms with van der Waals surface area (Å²) in [6.45, 7) is 1.65. The second-order valence-electron chi connectivity index (χ2n) is 4.19. The summed E-state index contributed by atoms with van der Waals surface area (Å²) in [4.78, 5) is 10.7. The Labute approximate surface area is 116 Å². The number of hydrogen-bond donors (Lipinski definition) is 2. The second-order valence-corrected chi connectivity index (χ2v) is 5.90. The van der Waals surface area contributed by atoms with Crippen LogP contribution < -0.4 is 4.72 Å². The smallest absolute Gasteiger partial charge is 0.335 e. The van der Waals surface area contributed by atoms with E-state index in [2.05, 4.69) is 4.72 Å². The fraction of sp³-hybridized carbons (Fsp3) is 0.154. The van der Waals surface area contributed by atoms with E-state index in [4.69, 9.17) is 9.52 Å². The Balaban J connectivity index is 2.20. The highest BCUT2D eigenvalue weighted by Gasteiger charge is 2.20. The van der Waals surface area contributed by atoms with Crippen LogP contribution in [0.3, 0.4) is 0 Å². The van der Waals surface area contributed by atoms with Crippen molar-refractivity contribution in [3.63, 3.8) is 0 Å². The van der Waals surface area contributed by atoms with E-state index in [1.165, 1.54) is 30.5 Å². The molecule has 0 spiro atoms. The zero-order chi connectivity index (χ0) is 14.8. The lowest BCUT2D eigenvalue weighted by Gasteiger charge is -2.12. The first-order valence-corrected chi connectivity index (χ1v) is 7.27. The van der Waals surface area contributed by atoms with Gasteiger partial charge in [0, 0.05) is 0 Å². The highest BCUT2D eigenvalue weighted by atomic mass is 32.2. The minimum absolute atomic E-state index is 0.000839. The van der Waals surface area contributed by atoms with Gasteiger partial charge in [0.2, 0.25) is 10.0 Å². The molecule has 0 aliphatic carbocycles. The molecule has 0 saturated heterocycles. The number of hydrogen-bond acceptors (Lipinski definition) is 4. The third-order valence-electron chi connectivity index (χ3n) is 2.71. The molecule has 106 valence electrons. The number of furan rings is 1. The summed E-state index contributed by atoms with van der Waals surface area (Å²) < 4.78 is 31.8. The molecule has 7 heteroatoms. The summed E-state index contributed by atoms with van der Waals surface area (Å²) in [5.41, 5.74) is 0.0306. The molecule has 0 unspecified atom stereocenters. The van der Waals surface area contributed by atoms with E-state index < -0.39 is 22.0 Å². The van der Waals surface area contributed by atoms with E-state index in [1.807, 2.05) is 0 Å². The number of benzene rings is 1. The number of rotatable bonds is 5. The van der Waals surface area contributed by atoms with E-state index in [-0.39, 0.29) is 10.5 Å². The summed E-state index contributed by atoms with van der Waals surface area (Å²) in [6.07, 6.45) is 1.46. The number of carboxylic acids is 1. The quantitative estimate of drug-likeness (QED) is 0.879. The Morgan fingerprint density at radius 3 is 2.40 bits per heavy atom. The van der Waals surface area contributed by atoms with Crippen LogP contribution in [0.15, 0.2) is 52.0 Å². The van der Waals surface area contributed by atoms with Crippen molar-refractivity contribution in [2.45, 2.75) is 17.9 Å². The normalized spacial score (nSPS) is 13.1. The van der Waals surface area contributed by atoms with Crippen molar-refractivity contribution in [3.8, 4) is 0 Å². The summed E-state index contributed by atoms with van der Waals surface area (Å²) in [7, 11) is -3.73. The van der Waals surface area contributed by atoms with Crippen LogP contribution in [0, 0.1) is 0 Å². The Morgan fingerprint density at radius 2 is 1.90 bits per heavy atom. The van der Waals surface area contributed by atoms with Gasteiger partial charge in [0.05, 0.1) is 22.8 Å². The molecule has 0 radical (unpaired) electrons. The SMILES string of the molecule is C[C@H](NS(=O)(=O)c1ccc(C(=O)O)cc1)c1ccco1. The molecule has 20 heavy (non-hydrogen) atoms. The third kappa shape index (κ3) is 3.06. The maximum atomic E-state index is 12.1. The molecule has 1 heterocycles. The molecule has 1 atom stereocenters. The molecule has 2 rings (SSSR count). The van der Waals surface area contributed by atoms with Crippen LogP contribution in [0.1, 0.15) is 29.1 Å². The van der Waals surface area contributed by atoms with Crippen molar-refractivity contribution in [2.75, 3.05) is 0 Å². The van der Waals surface area contributed by atoms with Gasteiger partial charge in [0.25, 0.3) is 0 Å². The van der Waals surface area contributed by atoms with Crippen molar-refractivity contribution in [1.29, 1.82) is 0 Å². The largest absolute Gasteiger partial charge is 0.478 e. The molecule has 2 N–H and O–H groups in total. The highest BCUT2D eigenvalue weighted by Crippen LogP contribution is 2.17. The average molecular weight is 295 g/mol. The molecule has 0 saturated carbocycles. The van der Waals surface area contributed by atoms with Gasteiger partial charge in [-0.15, -0.1) is 0 Å². The number of carbonyl (C=O) groups is 1. The predicted octanol–water partition coefficient (Wildman–Crippen LogP) is 2.02. The van der Waals surface area contributed by atoms with Gasteiger partial charge in [-0.3, -0.25) is 0 Å². The summed E-state index contributed by atoms with van der Waals surface area (Å²) in [5, 5.41) is 8.77. The minimum atomic E-state index is -3.73. The zero-order valence-electron chi connectivity index (χ0n) is 10.6. The summed E-state index contributed by atoms with van der Waals surface area (Å²) in [6, 6.07) is 7.81. The molecule has 0 aliphatic heterocycles. The fourth-order valence-electron chi connectivity index (χ4n) is 1.67. The zero-order valence-corrected chi connectivity index (χ0v) is 11.4. The van der Waals surface area contributed by atoms with Gasteiger partial charge in [-0.2, -0.15) is 0 Å². The standard InChI is InChI=1S/C13H13NO5S/c1-9(12-3-2-8-19-12)14-20(17,18)11-6-4-10(5-7-11)13(15)16/h2-9,14H,1H3,(H,15,16)/t9-/m0/s1. The van der Waals surface area contributed by atoms with E-state index in [0.29, 0.717) is 5.76 Å². The minimum Gasteiger partial charge on any atom is -0.478 e. The van der Waals surface area contributed by atoms with Crippen LogP contribution in [0.2, 0.25) is 0 Å².